The van der Waals surface area contributed by atoms with E-state index in [1.165, 1.54) is 17.1 Å². The average Bonchev–Trinajstić information content (AvgIpc) is 3.08. The van der Waals surface area contributed by atoms with E-state index in [1.54, 1.807) is 36.4 Å². The molecule has 3 rings (SSSR count). The lowest BCUT2D eigenvalue weighted by Gasteiger charge is -2.00. The van der Waals surface area contributed by atoms with E-state index in [0.29, 0.717) is 10.8 Å². The van der Waals surface area contributed by atoms with Crippen molar-refractivity contribution in [1.29, 1.82) is 0 Å². The van der Waals surface area contributed by atoms with Gasteiger partial charge in [0.1, 0.15) is 11.3 Å². The first-order valence-electron chi connectivity index (χ1n) is 5.78. The Kier molecular flexibility index (Phi) is 3.04. The zero-order chi connectivity index (χ0) is 14.1. The van der Waals surface area contributed by atoms with E-state index in [0.717, 1.165) is 5.69 Å². The summed E-state index contributed by atoms with van der Waals surface area (Å²) in [6.07, 6.45) is 2.92. The lowest BCUT2D eigenvalue weighted by Crippen LogP contribution is -1.96. The number of benzene rings is 1. The van der Waals surface area contributed by atoms with Crippen LogP contribution >= 0.6 is 11.6 Å². The number of carboxylic acids is 1. The van der Waals surface area contributed by atoms with Crippen molar-refractivity contribution in [2.24, 2.45) is 0 Å². The van der Waals surface area contributed by atoms with E-state index >= 15 is 0 Å². The third-order valence-electron chi connectivity index (χ3n) is 2.79. The van der Waals surface area contributed by atoms with Crippen molar-refractivity contribution in [3.8, 4) is 17.1 Å². The number of halogens is 1. The molecule has 0 aliphatic heterocycles. The number of aromatic carboxylic acids is 1. The number of furan rings is 1. The molecule has 2 heterocycles. The summed E-state index contributed by atoms with van der Waals surface area (Å²) in [5.74, 6) is -0.647. The molecule has 0 spiro atoms. The van der Waals surface area contributed by atoms with Crippen LogP contribution in [0.1, 0.15) is 10.4 Å². The predicted molar refractivity (Wildman–Crippen MR) is 73.2 cm³/mol. The maximum Gasteiger partial charge on any atom is 0.339 e. The maximum atomic E-state index is 11.3. The molecule has 0 atom stereocenters. The Morgan fingerprint density at radius 1 is 1.25 bits per heavy atom. The van der Waals surface area contributed by atoms with Crippen LogP contribution in [0.15, 0.2) is 53.3 Å². The van der Waals surface area contributed by atoms with E-state index in [4.69, 9.17) is 16.0 Å². The number of rotatable bonds is 3. The van der Waals surface area contributed by atoms with Gasteiger partial charge in [-0.2, -0.15) is 5.10 Å². The highest BCUT2D eigenvalue weighted by Gasteiger charge is 2.19. The third kappa shape index (κ3) is 2.19. The summed E-state index contributed by atoms with van der Waals surface area (Å²) in [5.41, 5.74) is 1.09. The Morgan fingerprint density at radius 3 is 2.60 bits per heavy atom. The SMILES string of the molecule is O=C(O)c1cn(-c2ccc(Cl)cc2)nc1-c1ccco1. The van der Waals surface area contributed by atoms with Crippen LogP contribution in [0.3, 0.4) is 0 Å². The molecule has 0 saturated carbocycles. The molecule has 0 fully saturated rings. The second-order valence-electron chi connectivity index (χ2n) is 4.09. The molecule has 3 aromatic rings. The van der Waals surface area contributed by atoms with Gasteiger partial charge in [-0.15, -0.1) is 0 Å². The number of hydrogen-bond donors (Lipinski definition) is 1. The van der Waals surface area contributed by atoms with Gasteiger partial charge >= 0.3 is 5.97 Å². The average molecular weight is 289 g/mol. The van der Waals surface area contributed by atoms with Crippen LogP contribution < -0.4 is 0 Å². The van der Waals surface area contributed by atoms with E-state index in [9.17, 15) is 9.90 Å². The highest BCUT2D eigenvalue weighted by Crippen LogP contribution is 2.24. The summed E-state index contributed by atoms with van der Waals surface area (Å²) in [6.45, 7) is 0. The van der Waals surface area contributed by atoms with Gasteiger partial charge in [0.2, 0.25) is 0 Å². The largest absolute Gasteiger partial charge is 0.478 e. The second-order valence-corrected chi connectivity index (χ2v) is 4.53. The molecule has 5 nitrogen and oxygen atoms in total. The lowest BCUT2D eigenvalue weighted by molar-refractivity contribution is 0.0697. The van der Waals surface area contributed by atoms with E-state index < -0.39 is 5.97 Å². The summed E-state index contributed by atoms with van der Waals surface area (Å²) in [5, 5.41) is 14.1. The van der Waals surface area contributed by atoms with Crippen LogP contribution in [0.4, 0.5) is 0 Å². The molecule has 6 heteroatoms. The van der Waals surface area contributed by atoms with E-state index in [2.05, 4.69) is 5.10 Å². The zero-order valence-corrected chi connectivity index (χ0v) is 10.9. The fourth-order valence-electron chi connectivity index (χ4n) is 1.85. The van der Waals surface area contributed by atoms with Crippen molar-refractivity contribution in [2.75, 3.05) is 0 Å². The molecule has 2 aromatic heterocycles. The van der Waals surface area contributed by atoms with Gasteiger partial charge in [0.15, 0.2) is 5.76 Å². The van der Waals surface area contributed by atoms with Gasteiger partial charge in [-0.25, -0.2) is 9.48 Å². The molecule has 0 radical (unpaired) electrons. The fourth-order valence-corrected chi connectivity index (χ4v) is 1.98. The lowest BCUT2D eigenvalue weighted by atomic mass is 10.2. The minimum Gasteiger partial charge on any atom is -0.478 e. The number of nitrogens with zero attached hydrogens (tertiary/aromatic N) is 2. The Morgan fingerprint density at radius 2 is 2.00 bits per heavy atom. The Labute approximate surface area is 119 Å². The quantitative estimate of drug-likeness (QED) is 0.801. The van der Waals surface area contributed by atoms with Gasteiger partial charge in [0, 0.05) is 11.2 Å². The molecule has 0 amide bonds. The molecular formula is C14H9ClN2O3. The Hall–Kier alpha value is -2.53. The normalized spacial score (nSPS) is 10.7. The van der Waals surface area contributed by atoms with Crippen molar-refractivity contribution in [3.63, 3.8) is 0 Å². The van der Waals surface area contributed by atoms with Gasteiger partial charge in [-0.1, -0.05) is 11.6 Å². The number of carbonyl (C=O) groups is 1. The van der Waals surface area contributed by atoms with Crippen LogP contribution in [0.2, 0.25) is 5.02 Å². The number of hydrogen-bond acceptors (Lipinski definition) is 3. The smallest absolute Gasteiger partial charge is 0.339 e. The molecule has 1 N–H and O–H groups in total. The van der Waals surface area contributed by atoms with Crippen molar-refractivity contribution in [3.05, 3.63) is 59.4 Å². The molecule has 0 saturated heterocycles. The van der Waals surface area contributed by atoms with Gasteiger partial charge in [-0.3, -0.25) is 0 Å². The Bertz CT molecular complexity index is 745. The predicted octanol–water partition coefficient (Wildman–Crippen LogP) is 3.48. The van der Waals surface area contributed by atoms with Crippen LogP contribution in [-0.2, 0) is 0 Å². The standard InChI is InChI=1S/C14H9ClN2O3/c15-9-3-5-10(6-4-9)17-8-11(14(18)19)13(16-17)12-2-1-7-20-12/h1-8H,(H,18,19). The summed E-state index contributed by atoms with van der Waals surface area (Å²) in [7, 11) is 0. The number of aromatic nitrogens is 2. The van der Waals surface area contributed by atoms with Crippen LogP contribution in [0.5, 0.6) is 0 Å². The number of carboxylic acid groups (broad SMARTS) is 1. The van der Waals surface area contributed by atoms with Crippen molar-refractivity contribution in [2.45, 2.75) is 0 Å². The highest BCUT2D eigenvalue weighted by molar-refractivity contribution is 6.30. The molecular weight excluding hydrogens is 280 g/mol. The molecule has 0 aliphatic carbocycles. The zero-order valence-electron chi connectivity index (χ0n) is 10.2. The first-order chi connectivity index (χ1) is 9.65. The first-order valence-corrected chi connectivity index (χ1v) is 6.16. The monoisotopic (exact) mass is 288 g/mol. The highest BCUT2D eigenvalue weighted by atomic mass is 35.5. The topological polar surface area (TPSA) is 68.3 Å². The van der Waals surface area contributed by atoms with E-state index in [-0.39, 0.29) is 11.3 Å². The van der Waals surface area contributed by atoms with Crippen molar-refractivity contribution >= 4 is 17.6 Å². The molecule has 100 valence electrons. The summed E-state index contributed by atoms with van der Waals surface area (Å²) < 4.78 is 6.70. The molecule has 1 aromatic carbocycles. The summed E-state index contributed by atoms with van der Waals surface area (Å²) in [4.78, 5) is 11.3. The fraction of sp³-hybridized carbons (Fsp3) is 0. The minimum atomic E-state index is -1.06. The van der Waals surface area contributed by atoms with Gasteiger partial charge in [-0.05, 0) is 36.4 Å². The van der Waals surface area contributed by atoms with Gasteiger partial charge < -0.3 is 9.52 Å². The first kappa shape index (κ1) is 12.5. The molecule has 0 bridgehead atoms. The molecule has 0 unspecified atom stereocenters. The Balaban J connectivity index is 2.12. The second kappa shape index (κ2) is 4.86. The van der Waals surface area contributed by atoms with Gasteiger partial charge in [0.05, 0.1) is 12.0 Å². The minimum absolute atomic E-state index is 0.0786. The van der Waals surface area contributed by atoms with Crippen molar-refractivity contribution in [1.82, 2.24) is 9.78 Å². The summed E-state index contributed by atoms with van der Waals surface area (Å²) >= 11 is 5.83. The summed E-state index contributed by atoms with van der Waals surface area (Å²) in [6, 6.07) is 10.3. The van der Waals surface area contributed by atoms with E-state index in [1.807, 2.05) is 0 Å². The maximum absolute atomic E-state index is 11.3. The third-order valence-corrected chi connectivity index (χ3v) is 3.04. The van der Waals surface area contributed by atoms with Crippen LogP contribution in [0, 0.1) is 0 Å². The molecule has 0 aliphatic rings. The van der Waals surface area contributed by atoms with Crippen LogP contribution in [0.25, 0.3) is 17.1 Å². The van der Waals surface area contributed by atoms with Crippen LogP contribution in [-0.4, -0.2) is 20.9 Å². The van der Waals surface area contributed by atoms with Gasteiger partial charge in [0.25, 0.3) is 0 Å². The molecule has 20 heavy (non-hydrogen) atoms. The van der Waals surface area contributed by atoms with Crippen molar-refractivity contribution < 1.29 is 14.3 Å².